The van der Waals surface area contributed by atoms with Gasteiger partial charge >= 0.3 is 11.6 Å². The third kappa shape index (κ3) is 4.52. The van der Waals surface area contributed by atoms with E-state index in [-0.39, 0.29) is 0 Å². The van der Waals surface area contributed by atoms with Crippen LogP contribution in [0.25, 0.3) is 11.0 Å². The van der Waals surface area contributed by atoms with Crippen LogP contribution < -0.4 is 15.7 Å². The van der Waals surface area contributed by atoms with Gasteiger partial charge in [0.2, 0.25) is 0 Å². The smallest absolute Gasteiger partial charge is 0.339 e. The first-order valence-electron chi connectivity index (χ1n) is 9.40. The number of hydrogen-bond acceptors (Lipinski definition) is 5. The summed E-state index contributed by atoms with van der Waals surface area (Å²) >= 11 is 0. The van der Waals surface area contributed by atoms with Crippen molar-refractivity contribution in [3.63, 3.8) is 0 Å². The first kappa shape index (κ1) is 21.5. The Bertz CT molecular complexity index is 946. The summed E-state index contributed by atoms with van der Waals surface area (Å²) in [6.07, 6.45) is 1.00. The molecule has 0 saturated heterocycles. The van der Waals surface area contributed by atoms with Crippen molar-refractivity contribution in [3.05, 3.63) is 39.2 Å². The monoisotopic (exact) mass is 389 g/mol. The number of aryl methyl sites for hydroxylation is 2. The number of aliphatic carboxylic acids is 1. The second kappa shape index (κ2) is 8.91. The molecule has 0 fully saturated rings. The summed E-state index contributed by atoms with van der Waals surface area (Å²) in [5.41, 5.74) is 2.02. The number of carbonyl (C=O) groups excluding carboxylic acids is 1. The Labute approximate surface area is 163 Å². The van der Waals surface area contributed by atoms with Crippen LogP contribution in [0.2, 0.25) is 0 Å². The number of carboxylic acids is 1. The molecule has 2 aromatic rings. The van der Waals surface area contributed by atoms with Crippen molar-refractivity contribution in [1.82, 2.24) is 5.32 Å². The number of carboxylic acid groups (broad SMARTS) is 1. The van der Waals surface area contributed by atoms with Gasteiger partial charge in [-0.2, -0.15) is 0 Å². The Balaban J connectivity index is 2.22. The van der Waals surface area contributed by atoms with Crippen molar-refractivity contribution in [2.75, 3.05) is 0 Å². The molecular formula is C21H27NO6. The highest BCUT2D eigenvalue weighted by Gasteiger charge is 2.24. The molecule has 7 nitrogen and oxygen atoms in total. The largest absolute Gasteiger partial charge is 0.480 e. The van der Waals surface area contributed by atoms with E-state index in [4.69, 9.17) is 9.15 Å². The first-order valence-corrected chi connectivity index (χ1v) is 9.40. The molecule has 2 N–H and O–H groups in total. The highest BCUT2D eigenvalue weighted by molar-refractivity contribution is 5.87. The maximum atomic E-state index is 12.4. The SMILES string of the molecule is CCCC[C@@H](NC(=O)[C@@H](C)Oc1ccc2c(C)c(C)c(=O)oc2c1C)C(=O)O. The average Bonchev–Trinajstić information content (AvgIpc) is 2.65. The number of nitrogens with one attached hydrogen (secondary N) is 1. The van der Waals surface area contributed by atoms with E-state index in [1.807, 2.05) is 13.8 Å². The zero-order chi connectivity index (χ0) is 21.0. The fourth-order valence-electron chi connectivity index (χ4n) is 2.95. The molecule has 7 heteroatoms. The third-order valence-electron chi connectivity index (χ3n) is 4.96. The standard InChI is InChI=1S/C21H27NO6/c1-6-7-8-16(20(24)25)22-19(23)14(5)27-17-10-9-15-11(2)12(3)21(26)28-18(15)13(17)4/h9-10,14,16H,6-8H2,1-5H3,(H,22,23)(H,24,25)/t14-,16-/m1/s1. The van der Waals surface area contributed by atoms with Gasteiger partial charge in [-0.25, -0.2) is 9.59 Å². The lowest BCUT2D eigenvalue weighted by molar-refractivity contribution is -0.143. The highest BCUT2D eigenvalue weighted by Crippen LogP contribution is 2.29. The van der Waals surface area contributed by atoms with Crippen molar-refractivity contribution >= 4 is 22.8 Å². The van der Waals surface area contributed by atoms with Crippen molar-refractivity contribution in [2.45, 2.75) is 66.0 Å². The van der Waals surface area contributed by atoms with Gasteiger partial charge in [0.15, 0.2) is 6.10 Å². The van der Waals surface area contributed by atoms with Crippen LogP contribution in [-0.4, -0.2) is 29.1 Å². The van der Waals surface area contributed by atoms with Gasteiger partial charge in [-0.3, -0.25) is 4.79 Å². The molecule has 0 bridgehead atoms. The van der Waals surface area contributed by atoms with E-state index in [0.29, 0.717) is 35.3 Å². The number of amides is 1. The Morgan fingerprint density at radius 1 is 1.18 bits per heavy atom. The Kier molecular flexibility index (Phi) is 6.83. The summed E-state index contributed by atoms with van der Waals surface area (Å²) in [5, 5.41) is 12.6. The topological polar surface area (TPSA) is 106 Å². The molecule has 0 spiro atoms. The van der Waals surface area contributed by atoms with Crippen molar-refractivity contribution in [1.29, 1.82) is 0 Å². The summed E-state index contributed by atoms with van der Waals surface area (Å²) in [6, 6.07) is 2.56. The van der Waals surface area contributed by atoms with Crippen LogP contribution in [0.4, 0.5) is 0 Å². The molecule has 1 heterocycles. The van der Waals surface area contributed by atoms with Crippen LogP contribution in [0, 0.1) is 20.8 Å². The van der Waals surface area contributed by atoms with E-state index in [1.165, 1.54) is 0 Å². The molecule has 152 valence electrons. The molecule has 0 radical (unpaired) electrons. The zero-order valence-electron chi connectivity index (χ0n) is 16.9. The van der Waals surface area contributed by atoms with Gasteiger partial charge in [0.25, 0.3) is 5.91 Å². The number of rotatable bonds is 8. The second-order valence-electron chi connectivity index (χ2n) is 7.01. The molecule has 2 rings (SSSR count). The van der Waals surface area contributed by atoms with E-state index in [1.54, 1.807) is 32.9 Å². The van der Waals surface area contributed by atoms with Crippen molar-refractivity contribution in [3.8, 4) is 5.75 Å². The molecule has 2 atom stereocenters. The summed E-state index contributed by atoms with van der Waals surface area (Å²) in [4.78, 5) is 35.7. The predicted molar refractivity (Wildman–Crippen MR) is 106 cm³/mol. The molecule has 1 amide bonds. The first-order chi connectivity index (χ1) is 13.2. The van der Waals surface area contributed by atoms with Crippen LogP contribution in [0.15, 0.2) is 21.3 Å². The summed E-state index contributed by atoms with van der Waals surface area (Å²) < 4.78 is 11.2. The number of hydrogen-bond donors (Lipinski definition) is 2. The van der Waals surface area contributed by atoms with Crippen molar-refractivity contribution in [2.24, 2.45) is 0 Å². The minimum atomic E-state index is -1.07. The number of ether oxygens (including phenoxy) is 1. The van der Waals surface area contributed by atoms with E-state index in [2.05, 4.69) is 5.32 Å². The minimum Gasteiger partial charge on any atom is -0.480 e. The maximum Gasteiger partial charge on any atom is 0.339 e. The normalized spacial score (nSPS) is 13.2. The van der Waals surface area contributed by atoms with Gasteiger partial charge in [-0.15, -0.1) is 0 Å². The number of fused-ring (bicyclic) bond motifs is 1. The van der Waals surface area contributed by atoms with Gasteiger partial charge in [0, 0.05) is 16.5 Å². The molecule has 0 aliphatic carbocycles. The van der Waals surface area contributed by atoms with Crippen LogP contribution in [-0.2, 0) is 9.59 Å². The number of unbranched alkanes of at least 4 members (excludes halogenated alkanes) is 1. The zero-order valence-corrected chi connectivity index (χ0v) is 16.9. The molecule has 1 aromatic carbocycles. The predicted octanol–water partition coefficient (Wildman–Crippen LogP) is 3.25. The quantitative estimate of drug-likeness (QED) is 0.672. The van der Waals surface area contributed by atoms with Gasteiger partial charge in [0.05, 0.1) is 0 Å². The second-order valence-corrected chi connectivity index (χ2v) is 7.01. The van der Waals surface area contributed by atoms with Gasteiger partial charge in [-0.05, 0) is 51.8 Å². The fourth-order valence-corrected chi connectivity index (χ4v) is 2.95. The van der Waals surface area contributed by atoms with E-state index < -0.39 is 29.6 Å². The molecule has 0 aliphatic heterocycles. The molecule has 0 unspecified atom stereocenters. The number of carbonyl (C=O) groups is 2. The number of benzene rings is 1. The maximum absolute atomic E-state index is 12.4. The van der Waals surface area contributed by atoms with E-state index in [0.717, 1.165) is 17.4 Å². The third-order valence-corrected chi connectivity index (χ3v) is 4.96. The summed E-state index contributed by atoms with van der Waals surface area (Å²) in [6.45, 7) is 8.82. The van der Waals surface area contributed by atoms with Crippen LogP contribution in [0.1, 0.15) is 49.8 Å². The lowest BCUT2D eigenvalue weighted by atomic mass is 10.0. The summed E-state index contributed by atoms with van der Waals surface area (Å²) in [7, 11) is 0. The van der Waals surface area contributed by atoms with Crippen LogP contribution in [0.3, 0.4) is 0 Å². The summed E-state index contributed by atoms with van der Waals surface area (Å²) in [5.74, 6) is -1.17. The van der Waals surface area contributed by atoms with Crippen LogP contribution >= 0.6 is 0 Å². The fraction of sp³-hybridized carbons (Fsp3) is 0.476. The Morgan fingerprint density at radius 2 is 1.86 bits per heavy atom. The lowest BCUT2D eigenvalue weighted by Gasteiger charge is -2.20. The van der Waals surface area contributed by atoms with E-state index in [9.17, 15) is 19.5 Å². The van der Waals surface area contributed by atoms with Crippen LogP contribution in [0.5, 0.6) is 5.75 Å². The molecule has 0 saturated carbocycles. The lowest BCUT2D eigenvalue weighted by Crippen LogP contribution is -2.46. The Hall–Kier alpha value is -2.83. The van der Waals surface area contributed by atoms with Gasteiger partial charge in [0.1, 0.15) is 17.4 Å². The minimum absolute atomic E-state index is 0.364. The highest BCUT2D eigenvalue weighted by atomic mass is 16.5. The molecule has 28 heavy (non-hydrogen) atoms. The molecular weight excluding hydrogens is 362 g/mol. The van der Waals surface area contributed by atoms with Crippen molar-refractivity contribution < 1.29 is 23.8 Å². The van der Waals surface area contributed by atoms with Gasteiger partial charge in [-0.1, -0.05) is 19.8 Å². The average molecular weight is 389 g/mol. The molecule has 0 aliphatic rings. The van der Waals surface area contributed by atoms with Gasteiger partial charge < -0.3 is 19.6 Å². The Morgan fingerprint density at radius 3 is 2.46 bits per heavy atom. The molecule has 1 aromatic heterocycles. The van der Waals surface area contributed by atoms with E-state index >= 15 is 0 Å².